The van der Waals surface area contributed by atoms with Crippen LogP contribution >= 0.6 is 15.9 Å². The van der Waals surface area contributed by atoms with Crippen molar-refractivity contribution in [3.05, 3.63) is 52.8 Å². The second kappa shape index (κ2) is 5.12. The van der Waals surface area contributed by atoms with Crippen LogP contribution in [0.15, 0.2) is 30.3 Å². The summed E-state index contributed by atoms with van der Waals surface area (Å²) in [6.45, 7) is 5.19. The van der Waals surface area contributed by atoms with Crippen LogP contribution in [0, 0.1) is 12.8 Å². The maximum Gasteiger partial charge on any atom is 0.0596 e. The number of alkyl halides is 1. The molecule has 1 aliphatic rings. The first-order valence-electron chi connectivity index (χ1n) is 6.94. The van der Waals surface area contributed by atoms with Crippen molar-refractivity contribution in [1.29, 1.82) is 0 Å². The summed E-state index contributed by atoms with van der Waals surface area (Å²) in [5.41, 5.74) is 5.45. The number of halogens is 1. The molecule has 2 nitrogen and oxygen atoms in total. The third-order valence-electron chi connectivity index (χ3n) is 4.00. The fraction of sp³-hybridized carbons (Fsp3) is 0.438. The van der Waals surface area contributed by atoms with Crippen molar-refractivity contribution >= 4 is 15.9 Å². The van der Waals surface area contributed by atoms with E-state index in [4.69, 9.17) is 0 Å². The van der Waals surface area contributed by atoms with Gasteiger partial charge in [0, 0.05) is 17.1 Å². The van der Waals surface area contributed by atoms with Gasteiger partial charge in [-0.1, -0.05) is 40.2 Å². The maximum absolute atomic E-state index is 4.55. The lowest BCUT2D eigenvalue weighted by molar-refractivity contribution is 0.513. The molecule has 3 heteroatoms. The number of hydrogen-bond donors (Lipinski definition) is 0. The number of rotatable bonds is 3. The molecule has 2 atom stereocenters. The highest BCUT2D eigenvalue weighted by atomic mass is 79.9. The van der Waals surface area contributed by atoms with Crippen LogP contribution in [-0.2, 0) is 19.4 Å². The van der Waals surface area contributed by atoms with Gasteiger partial charge < -0.3 is 0 Å². The Morgan fingerprint density at radius 1 is 1.37 bits per heavy atom. The summed E-state index contributed by atoms with van der Waals surface area (Å²) in [5.74, 6) is 0.638. The van der Waals surface area contributed by atoms with Gasteiger partial charge in [-0.25, -0.2) is 0 Å². The van der Waals surface area contributed by atoms with Crippen LogP contribution in [0.2, 0.25) is 0 Å². The predicted molar refractivity (Wildman–Crippen MR) is 81.6 cm³/mol. The number of benzene rings is 1. The lowest BCUT2D eigenvalue weighted by Crippen LogP contribution is -2.11. The maximum atomic E-state index is 4.55. The van der Waals surface area contributed by atoms with Gasteiger partial charge in [0.2, 0.25) is 0 Å². The smallest absolute Gasteiger partial charge is 0.0596 e. The highest BCUT2D eigenvalue weighted by Crippen LogP contribution is 2.43. The van der Waals surface area contributed by atoms with Crippen molar-refractivity contribution in [3.8, 4) is 0 Å². The van der Waals surface area contributed by atoms with Crippen LogP contribution in [0.3, 0.4) is 0 Å². The molecule has 1 heterocycles. The summed E-state index contributed by atoms with van der Waals surface area (Å²) in [6, 6.07) is 11.0. The van der Waals surface area contributed by atoms with Crippen LogP contribution in [0.4, 0.5) is 0 Å². The third kappa shape index (κ3) is 2.36. The minimum absolute atomic E-state index is 0.476. The summed E-state index contributed by atoms with van der Waals surface area (Å²) in [4.78, 5) is 0.476. The molecule has 1 aliphatic carbocycles. The Bertz CT molecular complexity index is 588. The monoisotopic (exact) mass is 318 g/mol. The lowest BCUT2D eigenvalue weighted by atomic mass is 10.00. The van der Waals surface area contributed by atoms with E-state index in [9.17, 15) is 0 Å². The van der Waals surface area contributed by atoms with E-state index in [0.29, 0.717) is 10.7 Å². The molecule has 2 aromatic rings. The molecule has 0 saturated heterocycles. The second-order valence-electron chi connectivity index (χ2n) is 5.36. The van der Waals surface area contributed by atoms with E-state index in [-0.39, 0.29) is 0 Å². The standard InChI is InChI=1S/C16H19BrN2/c1-3-19-14(8-11(2)18-19)10-13-9-12-6-4-5-7-15(12)16(13)17/h4-8,13,16H,3,9-10H2,1-2H3. The van der Waals surface area contributed by atoms with Gasteiger partial charge in [-0.2, -0.15) is 5.10 Å². The van der Waals surface area contributed by atoms with Crippen LogP contribution in [0.25, 0.3) is 0 Å². The molecule has 2 unspecified atom stereocenters. The van der Waals surface area contributed by atoms with Crippen molar-refractivity contribution in [2.45, 2.75) is 38.1 Å². The average Bonchev–Trinajstić information content (AvgIpc) is 2.92. The molecule has 0 radical (unpaired) electrons. The van der Waals surface area contributed by atoms with Crippen molar-refractivity contribution in [2.24, 2.45) is 5.92 Å². The normalized spacial score (nSPS) is 21.6. The highest BCUT2D eigenvalue weighted by Gasteiger charge is 2.30. The molecular formula is C16H19BrN2. The number of hydrogen-bond acceptors (Lipinski definition) is 1. The van der Waals surface area contributed by atoms with Crippen molar-refractivity contribution in [2.75, 3.05) is 0 Å². The minimum atomic E-state index is 0.476. The fourth-order valence-electron chi connectivity index (χ4n) is 3.11. The Labute approximate surface area is 123 Å². The fourth-order valence-corrected chi connectivity index (χ4v) is 3.93. The molecular weight excluding hydrogens is 300 g/mol. The summed E-state index contributed by atoms with van der Waals surface area (Å²) in [5, 5.41) is 4.55. The first-order chi connectivity index (χ1) is 9.19. The van der Waals surface area contributed by atoms with Gasteiger partial charge in [0.05, 0.1) is 5.69 Å². The van der Waals surface area contributed by atoms with E-state index in [1.54, 1.807) is 0 Å². The minimum Gasteiger partial charge on any atom is -0.270 e. The van der Waals surface area contributed by atoms with E-state index < -0.39 is 0 Å². The van der Waals surface area contributed by atoms with E-state index in [0.717, 1.165) is 18.7 Å². The van der Waals surface area contributed by atoms with E-state index in [1.165, 1.54) is 23.2 Å². The second-order valence-corrected chi connectivity index (χ2v) is 6.35. The quantitative estimate of drug-likeness (QED) is 0.780. The van der Waals surface area contributed by atoms with Gasteiger partial charge in [-0.3, -0.25) is 4.68 Å². The molecule has 0 aliphatic heterocycles. The largest absolute Gasteiger partial charge is 0.270 e. The van der Waals surface area contributed by atoms with Gasteiger partial charge in [0.1, 0.15) is 0 Å². The van der Waals surface area contributed by atoms with Crippen LogP contribution < -0.4 is 0 Å². The summed E-state index contributed by atoms with van der Waals surface area (Å²) >= 11 is 3.88. The van der Waals surface area contributed by atoms with Crippen molar-refractivity contribution in [1.82, 2.24) is 9.78 Å². The molecule has 0 N–H and O–H groups in total. The molecule has 3 rings (SSSR count). The summed E-state index contributed by atoms with van der Waals surface area (Å²) in [7, 11) is 0. The number of aryl methyl sites for hydroxylation is 2. The Kier molecular flexibility index (Phi) is 3.48. The van der Waals surface area contributed by atoms with Crippen molar-refractivity contribution < 1.29 is 0 Å². The van der Waals surface area contributed by atoms with Gasteiger partial charge >= 0.3 is 0 Å². The van der Waals surface area contributed by atoms with Crippen LogP contribution in [-0.4, -0.2) is 9.78 Å². The van der Waals surface area contributed by atoms with E-state index in [1.807, 2.05) is 0 Å². The molecule has 19 heavy (non-hydrogen) atoms. The third-order valence-corrected chi connectivity index (χ3v) is 5.25. The number of aromatic nitrogens is 2. The Balaban J connectivity index is 1.82. The molecule has 1 aromatic heterocycles. The summed E-state index contributed by atoms with van der Waals surface area (Å²) in [6.07, 6.45) is 2.26. The average molecular weight is 319 g/mol. The zero-order valence-corrected chi connectivity index (χ0v) is 13.0. The zero-order chi connectivity index (χ0) is 13.4. The van der Waals surface area contributed by atoms with Gasteiger partial charge in [-0.05, 0) is 49.8 Å². The molecule has 0 amide bonds. The Morgan fingerprint density at radius 2 is 2.16 bits per heavy atom. The summed E-state index contributed by atoms with van der Waals surface area (Å²) < 4.78 is 2.14. The first kappa shape index (κ1) is 12.9. The molecule has 1 aromatic carbocycles. The Morgan fingerprint density at radius 3 is 2.89 bits per heavy atom. The van der Waals surface area contributed by atoms with E-state index >= 15 is 0 Å². The lowest BCUT2D eigenvalue weighted by Gasteiger charge is -2.15. The molecule has 0 bridgehead atoms. The number of fused-ring (bicyclic) bond motifs is 1. The van der Waals surface area contributed by atoms with Crippen molar-refractivity contribution in [3.63, 3.8) is 0 Å². The van der Waals surface area contributed by atoms with Gasteiger partial charge in [0.25, 0.3) is 0 Å². The van der Waals surface area contributed by atoms with Crippen LogP contribution in [0.1, 0.15) is 34.3 Å². The van der Waals surface area contributed by atoms with Crippen LogP contribution in [0.5, 0.6) is 0 Å². The molecule has 0 fully saturated rings. The van der Waals surface area contributed by atoms with Gasteiger partial charge in [-0.15, -0.1) is 0 Å². The van der Waals surface area contributed by atoms with Gasteiger partial charge in [0.15, 0.2) is 0 Å². The molecule has 100 valence electrons. The SMILES string of the molecule is CCn1nc(C)cc1CC1Cc2ccccc2C1Br. The zero-order valence-electron chi connectivity index (χ0n) is 11.4. The molecule has 0 saturated carbocycles. The highest BCUT2D eigenvalue weighted by molar-refractivity contribution is 9.09. The molecule has 0 spiro atoms. The number of nitrogens with zero attached hydrogens (tertiary/aromatic N) is 2. The first-order valence-corrected chi connectivity index (χ1v) is 7.85. The topological polar surface area (TPSA) is 17.8 Å². The Hall–Kier alpha value is -1.09. The van der Waals surface area contributed by atoms with E-state index in [2.05, 4.69) is 69.9 Å². The predicted octanol–water partition coefficient (Wildman–Crippen LogP) is 4.06.